The maximum Gasteiger partial charge on any atom is 0.119 e. The van der Waals surface area contributed by atoms with E-state index in [1.165, 1.54) is 0 Å². The van der Waals surface area contributed by atoms with Crippen molar-refractivity contribution in [3.05, 3.63) is 59.4 Å². The number of ether oxygens (including phenoxy) is 1. The maximum atomic E-state index is 10.5. The number of benzene rings is 1. The van der Waals surface area contributed by atoms with E-state index < -0.39 is 6.10 Å². The first-order chi connectivity index (χ1) is 9.26. The second-order valence-electron chi connectivity index (χ2n) is 4.33. The zero-order valence-electron chi connectivity index (χ0n) is 11.3. The molecule has 2 aromatic rings. The van der Waals surface area contributed by atoms with E-state index in [0.29, 0.717) is 6.61 Å². The first-order valence-electron chi connectivity index (χ1n) is 6.59. The molecular weight excluding hydrogens is 238 g/mol. The molecule has 0 aliphatic heterocycles. The number of hydrogen-bond acceptors (Lipinski definition) is 3. The van der Waals surface area contributed by atoms with Crippen LogP contribution in [0.2, 0.25) is 0 Å². The van der Waals surface area contributed by atoms with Gasteiger partial charge < -0.3 is 9.84 Å². The molecule has 1 unspecified atom stereocenters. The summed E-state index contributed by atoms with van der Waals surface area (Å²) in [5, 5.41) is 10.5. The van der Waals surface area contributed by atoms with Gasteiger partial charge in [0.1, 0.15) is 11.9 Å². The number of pyridine rings is 1. The third-order valence-electron chi connectivity index (χ3n) is 3.12. The maximum absolute atomic E-state index is 10.5. The van der Waals surface area contributed by atoms with Gasteiger partial charge in [-0.3, -0.25) is 4.98 Å². The van der Waals surface area contributed by atoms with Crippen LogP contribution in [0.1, 0.15) is 36.6 Å². The van der Waals surface area contributed by atoms with Crippen molar-refractivity contribution in [2.75, 3.05) is 6.61 Å². The van der Waals surface area contributed by atoms with E-state index in [0.717, 1.165) is 28.9 Å². The Morgan fingerprint density at radius 1 is 1.16 bits per heavy atom. The lowest BCUT2D eigenvalue weighted by Gasteiger charge is -2.15. The van der Waals surface area contributed by atoms with E-state index in [9.17, 15) is 5.11 Å². The second-order valence-corrected chi connectivity index (χ2v) is 4.33. The molecule has 1 aromatic carbocycles. The van der Waals surface area contributed by atoms with E-state index in [1.807, 2.05) is 43.5 Å². The fourth-order valence-electron chi connectivity index (χ4n) is 2.09. The van der Waals surface area contributed by atoms with Gasteiger partial charge in [0.15, 0.2) is 0 Å². The van der Waals surface area contributed by atoms with Gasteiger partial charge in [-0.05, 0) is 48.2 Å². The molecule has 0 spiro atoms. The van der Waals surface area contributed by atoms with Crippen molar-refractivity contribution in [3.63, 3.8) is 0 Å². The van der Waals surface area contributed by atoms with Crippen LogP contribution in [0.15, 0.2) is 42.7 Å². The average Bonchev–Trinajstić information content (AvgIpc) is 2.47. The molecule has 1 atom stereocenters. The zero-order valence-corrected chi connectivity index (χ0v) is 11.3. The molecule has 0 saturated carbocycles. The molecule has 0 bridgehead atoms. The Morgan fingerprint density at radius 3 is 2.53 bits per heavy atom. The minimum atomic E-state index is -0.617. The van der Waals surface area contributed by atoms with Crippen molar-refractivity contribution in [2.24, 2.45) is 0 Å². The number of aromatic nitrogens is 1. The lowest BCUT2D eigenvalue weighted by molar-refractivity contribution is 0.219. The molecule has 3 heteroatoms. The predicted octanol–water partition coefficient (Wildman–Crippen LogP) is 3.12. The zero-order chi connectivity index (χ0) is 13.7. The summed E-state index contributed by atoms with van der Waals surface area (Å²) in [6.07, 6.45) is 3.77. The van der Waals surface area contributed by atoms with E-state index in [2.05, 4.69) is 11.9 Å². The van der Waals surface area contributed by atoms with E-state index in [1.54, 1.807) is 6.20 Å². The van der Waals surface area contributed by atoms with Crippen molar-refractivity contribution in [1.82, 2.24) is 4.98 Å². The van der Waals surface area contributed by atoms with Crippen molar-refractivity contribution < 1.29 is 9.84 Å². The minimum absolute atomic E-state index is 0.617. The summed E-state index contributed by atoms with van der Waals surface area (Å²) in [7, 11) is 0. The number of hydrogen-bond donors (Lipinski definition) is 1. The Kier molecular flexibility index (Phi) is 4.53. The van der Waals surface area contributed by atoms with Gasteiger partial charge in [0.2, 0.25) is 0 Å². The quantitative estimate of drug-likeness (QED) is 0.894. The summed E-state index contributed by atoms with van der Waals surface area (Å²) in [5.41, 5.74) is 2.86. The molecule has 1 aromatic heterocycles. The molecule has 0 fully saturated rings. The molecule has 1 N–H and O–H groups in total. The van der Waals surface area contributed by atoms with Crippen molar-refractivity contribution >= 4 is 0 Å². The van der Waals surface area contributed by atoms with Crippen molar-refractivity contribution in [2.45, 2.75) is 26.4 Å². The van der Waals surface area contributed by atoms with E-state index in [-0.39, 0.29) is 0 Å². The van der Waals surface area contributed by atoms with E-state index in [4.69, 9.17) is 4.74 Å². The molecule has 0 radical (unpaired) electrons. The Morgan fingerprint density at radius 2 is 1.89 bits per heavy atom. The van der Waals surface area contributed by atoms with Crippen LogP contribution in [0.3, 0.4) is 0 Å². The van der Waals surface area contributed by atoms with Crippen LogP contribution in [-0.4, -0.2) is 16.7 Å². The number of aliphatic hydroxyl groups is 1. The van der Waals surface area contributed by atoms with Crippen molar-refractivity contribution in [3.8, 4) is 5.75 Å². The van der Waals surface area contributed by atoms with Crippen LogP contribution in [0.5, 0.6) is 5.75 Å². The highest BCUT2D eigenvalue weighted by Gasteiger charge is 2.13. The fourth-order valence-corrected chi connectivity index (χ4v) is 2.09. The molecule has 3 nitrogen and oxygen atoms in total. The summed E-state index contributed by atoms with van der Waals surface area (Å²) < 4.78 is 5.40. The molecule has 19 heavy (non-hydrogen) atoms. The Hall–Kier alpha value is -1.87. The van der Waals surface area contributed by atoms with Crippen LogP contribution in [0, 0.1) is 0 Å². The predicted molar refractivity (Wildman–Crippen MR) is 75.3 cm³/mol. The standard InChI is InChI=1S/C16H19NO2/c1-3-12-11-17-10-9-15(12)16(18)13-5-7-14(8-6-13)19-4-2/h5-11,16,18H,3-4H2,1-2H3. The molecule has 0 amide bonds. The van der Waals surface area contributed by atoms with Crippen LogP contribution < -0.4 is 4.74 Å². The second kappa shape index (κ2) is 6.34. The summed E-state index contributed by atoms with van der Waals surface area (Å²) in [6.45, 7) is 4.66. The number of nitrogens with zero attached hydrogens (tertiary/aromatic N) is 1. The highest BCUT2D eigenvalue weighted by molar-refractivity contribution is 5.36. The fraction of sp³-hybridized carbons (Fsp3) is 0.312. The molecule has 0 saturated heterocycles. The highest BCUT2D eigenvalue weighted by atomic mass is 16.5. The Labute approximate surface area is 113 Å². The molecule has 2 rings (SSSR count). The largest absolute Gasteiger partial charge is 0.494 e. The summed E-state index contributed by atoms with van der Waals surface area (Å²) in [5.74, 6) is 0.823. The Bertz CT molecular complexity index is 523. The highest BCUT2D eigenvalue weighted by Crippen LogP contribution is 2.26. The molecular formula is C16H19NO2. The van der Waals surface area contributed by atoms with Gasteiger partial charge in [-0.1, -0.05) is 19.1 Å². The molecule has 0 aliphatic carbocycles. The third-order valence-corrected chi connectivity index (χ3v) is 3.12. The first-order valence-corrected chi connectivity index (χ1v) is 6.59. The first kappa shape index (κ1) is 13.6. The van der Waals surface area contributed by atoms with Crippen molar-refractivity contribution in [1.29, 1.82) is 0 Å². The average molecular weight is 257 g/mol. The lowest BCUT2D eigenvalue weighted by atomic mass is 9.97. The Balaban J connectivity index is 2.25. The number of aliphatic hydroxyl groups excluding tert-OH is 1. The van der Waals surface area contributed by atoms with E-state index >= 15 is 0 Å². The number of aryl methyl sites for hydroxylation is 1. The smallest absolute Gasteiger partial charge is 0.119 e. The summed E-state index contributed by atoms with van der Waals surface area (Å²) in [6, 6.07) is 9.44. The monoisotopic (exact) mass is 257 g/mol. The van der Waals surface area contributed by atoms with Gasteiger partial charge in [0.25, 0.3) is 0 Å². The van der Waals surface area contributed by atoms with Gasteiger partial charge in [-0.2, -0.15) is 0 Å². The normalized spacial score (nSPS) is 12.2. The SMILES string of the molecule is CCOc1ccc(C(O)c2ccncc2CC)cc1. The van der Waals surface area contributed by atoms with Crippen LogP contribution >= 0.6 is 0 Å². The van der Waals surface area contributed by atoms with Gasteiger partial charge in [0.05, 0.1) is 6.61 Å². The van der Waals surface area contributed by atoms with Gasteiger partial charge in [-0.25, -0.2) is 0 Å². The minimum Gasteiger partial charge on any atom is -0.494 e. The van der Waals surface area contributed by atoms with Crippen LogP contribution in [0.25, 0.3) is 0 Å². The topological polar surface area (TPSA) is 42.4 Å². The summed E-state index contributed by atoms with van der Waals surface area (Å²) >= 11 is 0. The molecule has 0 aliphatic rings. The molecule has 1 heterocycles. The van der Waals surface area contributed by atoms with Crippen LogP contribution in [-0.2, 0) is 6.42 Å². The van der Waals surface area contributed by atoms with Gasteiger partial charge >= 0.3 is 0 Å². The number of rotatable bonds is 5. The van der Waals surface area contributed by atoms with Gasteiger partial charge in [0, 0.05) is 12.4 Å². The van der Waals surface area contributed by atoms with Gasteiger partial charge in [-0.15, -0.1) is 0 Å². The van der Waals surface area contributed by atoms with Crippen LogP contribution in [0.4, 0.5) is 0 Å². The lowest BCUT2D eigenvalue weighted by Crippen LogP contribution is -2.04. The third kappa shape index (κ3) is 3.12. The molecule has 100 valence electrons. The summed E-state index contributed by atoms with van der Waals surface area (Å²) in [4.78, 5) is 4.10.